The van der Waals surface area contributed by atoms with E-state index in [1.807, 2.05) is 0 Å². The van der Waals surface area contributed by atoms with Crippen LogP contribution in [0, 0.1) is 5.41 Å². The minimum Gasteiger partial charge on any atom is -0.790 e. The number of amides is 3. The van der Waals surface area contributed by atoms with Crippen LogP contribution in [0.5, 0.6) is 0 Å². The summed E-state index contributed by atoms with van der Waals surface area (Å²) in [6.45, 7) is -0.240. The van der Waals surface area contributed by atoms with Crippen LogP contribution in [-0.2, 0) is 60.2 Å². The molecule has 2 saturated heterocycles. The quantitative estimate of drug-likeness (QED) is 0.0349. The number of nitrogens with zero attached hydrogens (tertiary/aromatic N) is 4. The maximum Gasteiger partial charge on any atom is 0.274 e. The second-order valence-electron chi connectivity index (χ2n) is 14.7. The molecule has 11 N–H and O–H groups in total. The Kier molecular flexibility index (Phi) is 19.1. The van der Waals surface area contributed by atoms with Crippen molar-refractivity contribution in [3.63, 3.8) is 0 Å². The molecule has 30 nitrogen and oxygen atoms in total. The van der Waals surface area contributed by atoms with Gasteiger partial charge in [-0.2, -0.15) is 11.8 Å². The molecule has 2 fully saturated rings. The first kappa shape index (κ1) is 53.8. The summed E-state index contributed by atoms with van der Waals surface area (Å²) in [5, 5.41) is 49.0. The molecule has 2 aromatic rings. The van der Waals surface area contributed by atoms with Crippen molar-refractivity contribution in [1.82, 2.24) is 35.5 Å². The highest BCUT2D eigenvalue weighted by Gasteiger charge is 2.48. The molecule has 0 saturated carbocycles. The van der Waals surface area contributed by atoms with Crippen molar-refractivity contribution in [2.45, 2.75) is 81.6 Å². The lowest BCUT2D eigenvalue weighted by atomic mass is 9.87. The van der Waals surface area contributed by atoms with Crippen molar-refractivity contribution in [2.75, 3.05) is 57.2 Å². The van der Waals surface area contributed by atoms with Crippen LogP contribution in [0.1, 0.15) is 26.5 Å². The Bertz CT molecular complexity index is 2070. The molecule has 3 amide bonds. The Morgan fingerprint density at radius 1 is 0.953 bits per heavy atom. The summed E-state index contributed by atoms with van der Waals surface area (Å²) in [5.41, 5.74) is 9.74. The normalized spacial score (nSPS) is 27.7. The summed E-state index contributed by atoms with van der Waals surface area (Å²) >= 11 is 1.17. The summed E-state index contributed by atoms with van der Waals surface area (Å²) in [5.74, 6) is -1.77. The number of phosphoric ester groups is 3. The number of nitrogens with two attached hydrogens (primary N) is 2. The molecule has 0 aromatic carbocycles. The monoisotopic (exact) mass is 995 g/mol. The molecule has 64 heavy (non-hydrogen) atoms. The van der Waals surface area contributed by atoms with Gasteiger partial charge >= 0.3 is 0 Å². The fourth-order valence-electron chi connectivity index (χ4n) is 5.94. The third kappa shape index (κ3) is 15.1. The van der Waals surface area contributed by atoms with E-state index in [0.29, 0.717) is 5.75 Å². The molecule has 4 rings (SSSR count). The number of fused-ring (bicyclic) bond motifs is 1. The van der Waals surface area contributed by atoms with E-state index in [4.69, 9.17) is 25.7 Å². The van der Waals surface area contributed by atoms with E-state index in [0.717, 1.165) is 17.2 Å². The predicted octanol–water partition coefficient (Wildman–Crippen LogP) is -6.85. The largest absolute Gasteiger partial charge is 0.790 e. The van der Waals surface area contributed by atoms with E-state index in [9.17, 15) is 68.1 Å². The number of ether oxygens (including phenoxy) is 3. The summed E-state index contributed by atoms with van der Waals surface area (Å²) in [6.07, 6.45) is -12.4. The zero-order valence-electron chi connectivity index (χ0n) is 34.0. The molecule has 0 radical (unpaired) electrons. The van der Waals surface area contributed by atoms with Gasteiger partial charge in [-0.05, 0) is 0 Å². The van der Waals surface area contributed by atoms with E-state index in [2.05, 4.69) is 48.8 Å². The molecule has 2 aliphatic heterocycles. The number of nitrogens with one attached hydrogen (secondary N) is 3. The Morgan fingerprint density at radius 2 is 1.64 bits per heavy atom. The average molecular weight is 996 g/mol. The van der Waals surface area contributed by atoms with Crippen LogP contribution in [0.2, 0.25) is 0 Å². The Morgan fingerprint density at radius 3 is 2.31 bits per heavy atom. The van der Waals surface area contributed by atoms with Gasteiger partial charge in [-0.1, -0.05) is 13.8 Å². The molecule has 4 heterocycles. The first-order valence-corrected chi connectivity index (χ1v) is 24.3. The topological polar surface area (TPSA) is 472 Å². The van der Waals surface area contributed by atoms with Crippen molar-refractivity contribution in [1.29, 1.82) is 0 Å². The lowest BCUT2D eigenvalue weighted by molar-refractivity contribution is -0.347. The molecule has 2 aliphatic rings. The standard InChI is InChI=1S/C30H52N9O21P3S/c1-30(2,24(45)27(46)34-5-4-16(40)33-6-7-64-10-17(41)35-8-14-20(42)21(43)18(31)29(54-3)58-14)11-56-63(52,53)60-62(50,51)55-9-15-23(59-61(47,48)49)22(44)28(57-15)39-13-38-19-25(32)36-12-37-26(19)39/h12-15,18,20-24,28-29,42-45H,4-11,31H2,1-3H3,(H,33,40)(H,34,46)(H,35,41)(H,50,51)(H,52,53)(H2,32,36,37)(H2,47,48,49)/p-4/t14-,15-,18-,20-,21-,22-,23-,24+,28-,29+/m1/s1. The maximum atomic E-state index is 12.6. The van der Waals surface area contributed by atoms with E-state index >= 15 is 0 Å². The van der Waals surface area contributed by atoms with Crippen molar-refractivity contribution >= 4 is 69.9 Å². The molecular formula is C30H48N9O21P3S-4. The number of rotatable bonds is 24. The molecule has 0 bridgehead atoms. The van der Waals surface area contributed by atoms with E-state index < -0.39 is 121 Å². The van der Waals surface area contributed by atoms with Gasteiger partial charge in [-0.3, -0.25) is 28.1 Å². The van der Waals surface area contributed by atoms with Crippen LogP contribution in [-0.4, -0.2) is 164 Å². The average Bonchev–Trinajstić information content (AvgIpc) is 3.77. The zero-order valence-corrected chi connectivity index (χ0v) is 37.5. The van der Waals surface area contributed by atoms with Crippen LogP contribution < -0.4 is 47.0 Å². The number of methoxy groups -OCH3 is 1. The first-order valence-electron chi connectivity index (χ1n) is 18.7. The predicted molar refractivity (Wildman–Crippen MR) is 207 cm³/mol. The molecular weight excluding hydrogens is 947 g/mol. The number of carbonyl (C=O) groups excluding carboxylic acids is 3. The summed E-state index contributed by atoms with van der Waals surface area (Å²) in [6, 6.07) is -0.981. The van der Waals surface area contributed by atoms with Crippen molar-refractivity contribution in [2.24, 2.45) is 11.1 Å². The SMILES string of the molecule is CO[C@H]1O[C@H](CNC(=O)CSCCNC(=O)CCNC(=O)[C@H](O)C(C)(C)COP(=O)([O-])OP(=O)([O-])OC[C@H]2O[C@@H](n3cnc4c(N)ncnc43)[C@H](O)[C@@H]2OP(=O)([O-])[O-])[C@@H](O)[C@H](O)[C@H]1N. The van der Waals surface area contributed by atoms with E-state index in [1.54, 1.807) is 0 Å². The van der Waals surface area contributed by atoms with Crippen molar-refractivity contribution in [3.8, 4) is 0 Å². The number of aliphatic hydroxyl groups excluding tert-OH is 4. The number of hydrogen-bond donors (Lipinski definition) is 9. The number of nitrogen functional groups attached to an aromatic ring is 1. The highest BCUT2D eigenvalue weighted by Crippen LogP contribution is 2.56. The van der Waals surface area contributed by atoms with Gasteiger partial charge in [0.05, 0.1) is 39.2 Å². The van der Waals surface area contributed by atoms with Crippen LogP contribution in [0.15, 0.2) is 12.7 Å². The fraction of sp³-hybridized carbons (Fsp3) is 0.733. The molecule has 364 valence electrons. The van der Waals surface area contributed by atoms with Crippen LogP contribution in [0.4, 0.5) is 5.82 Å². The fourth-order valence-corrected chi connectivity index (χ4v) is 9.36. The first-order chi connectivity index (χ1) is 29.8. The van der Waals surface area contributed by atoms with E-state index in [-0.39, 0.29) is 48.8 Å². The molecule has 0 aliphatic carbocycles. The molecule has 2 unspecified atom stereocenters. The van der Waals surface area contributed by atoms with Crippen molar-refractivity contribution in [3.05, 3.63) is 12.7 Å². The third-order valence-electron chi connectivity index (χ3n) is 9.34. The van der Waals surface area contributed by atoms with Gasteiger partial charge in [0.1, 0.15) is 54.6 Å². The molecule has 0 spiro atoms. The Labute approximate surface area is 367 Å². The highest BCUT2D eigenvalue weighted by molar-refractivity contribution is 7.99. The third-order valence-corrected chi connectivity index (χ3v) is 13.3. The van der Waals surface area contributed by atoms with Crippen LogP contribution in [0.3, 0.4) is 0 Å². The number of anilines is 1. The summed E-state index contributed by atoms with van der Waals surface area (Å²) in [4.78, 5) is 96.6. The zero-order chi connectivity index (χ0) is 47.8. The number of aliphatic hydroxyl groups is 4. The lowest BCUT2D eigenvalue weighted by Gasteiger charge is -2.40. The van der Waals surface area contributed by atoms with Gasteiger partial charge in [0.2, 0.25) is 17.7 Å². The Balaban J connectivity index is 1.15. The molecule has 12 atom stereocenters. The minimum atomic E-state index is -5.95. The second kappa shape index (κ2) is 22.8. The summed E-state index contributed by atoms with van der Waals surface area (Å²) in [7, 11) is -16.4. The minimum absolute atomic E-state index is 0.0152. The van der Waals surface area contributed by atoms with E-state index in [1.165, 1.54) is 32.7 Å². The van der Waals surface area contributed by atoms with Gasteiger partial charge in [-0.15, -0.1) is 0 Å². The van der Waals surface area contributed by atoms with Crippen molar-refractivity contribution < 1.29 is 100 Å². The van der Waals surface area contributed by atoms with Gasteiger partial charge in [0.15, 0.2) is 24.0 Å². The number of imidazole rings is 1. The van der Waals surface area contributed by atoms with Crippen LogP contribution in [0.25, 0.3) is 11.2 Å². The smallest absolute Gasteiger partial charge is 0.274 e. The molecule has 2 aromatic heterocycles. The number of thioether (sulfide) groups is 1. The number of phosphoric acid groups is 3. The van der Waals surface area contributed by atoms with Gasteiger partial charge in [0, 0.05) is 44.3 Å². The highest BCUT2D eigenvalue weighted by atomic mass is 32.2. The van der Waals surface area contributed by atoms with Gasteiger partial charge < -0.3 is 99.8 Å². The van der Waals surface area contributed by atoms with Gasteiger partial charge in [-0.25, -0.2) is 19.3 Å². The number of hydrogen-bond acceptors (Lipinski definition) is 27. The molecule has 34 heteroatoms. The second-order valence-corrected chi connectivity index (χ2v) is 19.8. The summed E-state index contributed by atoms with van der Waals surface area (Å²) < 4.78 is 71.1. The maximum absolute atomic E-state index is 12.6. The Hall–Kier alpha value is -2.84. The lowest BCUT2D eigenvalue weighted by Crippen LogP contribution is -2.63. The van der Waals surface area contributed by atoms with Gasteiger partial charge in [0.25, 0.3) is 15.6 Å². The number of aromatic nitrogens is 4. The number of carbonyl (C=O) groups is 3. The van der Waals surface area contributed by atoms with Crippen LogP contribution >= 0.6 is 35.2 Å².